The van der Waals surface area contributed by atoms with Crippen LogP contribution in [0.15, 0.2) is 78.9 Å². The van der Waals surface area contributed by atoms with E-state index in [1.165, 1.54) is 21.0 Å². The van der Waals surface area contributed by atoms with E-state index in [2.05, 4.69) is 19.6 Å². The Labute approximate surface area is 345 Å². The number of allylic oxidation sites excluding steroid dienone is 1. The number of carbonyl (C=O) groups is 4. The van der Waals surface area contributed by atoms with Crippen LogP contribution in [0.25, 0.3) is 0 Å². The highest BCUT2D eigenvalue weighted by atomic mass is 16.7. The molecule has 0 bridgehead atoms. The molecule has 0 spiro atoms. The lowest BCUT2D eigenvalue weighted by atomic mass is 9.32. The molecule has 316 valence electrons. The van der Waals surface area contributed by atoms with E-state index in [1.807, 2.05) is 50.3 Å². The average Bonchev–Trinajstić information content (AvgIpc) is 4.00. The molecule has 2 aromatic carbocycles. The zero-order chi connectivity index (χ0) is 42.3. The number of hydrogen-bond acceptors (Lipinski definition) is 12. The number of epoxide rings is 1. The SMILES string of the molecule is C=C1C[C@@]2(O)C3CC[C@]4(C)C(CC[C@@]5(C(C)OC(=O)c6cccc(Oc7ccccc7)c6)COCC=C[C@H]54)[C@@]3(C)[C@H](OC(C)=O)[C@H](OC(C)=O)[C@@]2(C)[C@]2(C(=O)OC)O[C@H]12. The molecule has 12 heteroatoms. The van der Waals surface area contributed by atoms with Crippen molar-refractivity contribution in [2.24, 2.45) is 39.4 Å². The molecular weight excluding hydrogens is 757 g/mol. The molecule has 4 aliphatic carbocycles. The number of esters is 4. The maximum absolute atomic E-state index is 14.0. The highest BCUT2D eigenvalue weighted by molar-refractivity contribution is 5.90. The zero-order valence-electron chi connectivity index (χ0n) is 35.0. The van der Waals surface area contributed by atoms with Crippen molar-refractivity contribution in [3.63, 3.8) is 0 Å². The second kappa shape index (κ2) is 14.3. The van der Waals surface area contributed by atoms with Crippen molar-refractivity contribution in [1.82, 2.24) is 0 Å². The molecule has 12 nitrogen and oxygen atoms in total. The molecule has 0 radical (unpaired) electrons. The first kappa shape index (κ1) is 41.2. The summed E-state index contributed by atoms with van der Waals surface area (Å²) >= 11 is 0. The van der Waals surface area contributed by atoms with Gasteiger partial charge in [0.1, 0.15) is 29.8 Å². The fraction of sp³-hybridized carbons (Fsp3) is 0.574. The van der Waals surface area contributed by atoms with Gasteiger partial charge in [-0.2, -0.15) is 0 Å². The fourth-order valence-electron chi connectivity index (χ4n) is 13.3. The smallest absolute Gasteiger partial charge is 0.342 e. The van der Waals surface area contributed by atoms with Crippen molar-refractivity contribution in [3.05, 3.63) is 84.5 Å². The Morgan fingerprint density at radius 1 is 0.898 bits per heavy atom. The Morgan fingerprint density at radius 2 is 1.58 bits per heavy atom. The van der Waals surface area contributed by atoms with Gasteiger partial charge in [0.25, 0.3) is 0 Å². The molecule has 2 aromatic rings. The van der Waals surface area contributed by atoms with Gasteiger partial charge in [-0.3, -0.25) is 9.59 Å². The molecule has 8 rings (SSSR count). The van der Waals surface area contributed by atoms with Crippen LogP contribution in [0.4, 0.5) is 0 Å². The number of carbonyl (C=O) groups excluding carboxylic acids is 4. The molecule has 0 aromatic heterocycles. The summed E-state index contributed by atoms with van der Waals surface area (Å²) in [5.41, 5.74) is -6.27. The molecule has 2 heterocycles. The fourth-order valence-corrected chi connectivity index (χ4v) is 13.3. The number of fused-ring (bicyclic) bond motifs is 9. The van der Waals surface area contributed by atoms with Gasteiger partial charge in [0.15, 0.2) is 6.10 Å². The molecule has 6 aliphatic rings. The number of aliphatic hydroxyl groups is 1. The minimum Gasteiger partial charge on any atom is -0.467 e. The number of ether oxygens (including phenoxy) is 7. The van der Waals surface area contributed by atoms with Gasteiger partial charge in [0, 0.05) is 31.1 Å². The van der Waals surface area contributed by atoms with Gasteiger partial charge >= 0.3 is 23.9 Å². The summed E-state index contributed by atoms with van der Waals surface area (Å²) in [4.78, 5) is 54.3. The van der Waals surface area contributed by atoms with Crippen molar-refractivity contribution in [1.29, 1.82) is 0 Å². The van der Waals surface area contributed by atoms with Crippen molar-refractivity contribution in [2.75, 3.05) is 20.3 Å². The van der Waals surface area contributed by atoms with Crippen molar-refractivity contribution in [2.45, 2.75) is 109 Å². The van der Waals surface area contributed by atoms with Crippen LogP contribution < -0.4 is 4.74 Å². The Balaban J connectivity index is 1.18. The Bertz CT molecular complexity index is 2080. The first-order chi connectivity index (χ1) is 27.9. The van der Waals surface area contributed by atoms with Crippen LogP contribution in [0.5, 0.6) is 11.5 Å². The molecule has 1 saturated heterocycles. The summed E-state index contributed by atoms with van der Waals surface area (Å²) in [5.74, 6) is -2.24. The standard InChI is InChI=1S/C47H56O12/c1-27-25-46(52)36-19-21-42(5)34(43(36,6)38(56-29(3)48)39(57-30(4)49)44(46,7)47(37(27)59-47)41(51)53-8)20-22-45(26-54-23-13-18-35(42)45)28(2)55-40(50)31-14-12-17-33(24-31)58-32-15-10-9-11-16-32/h9-18,24,28,34-39,52H,1,19-23,25-26H2,2-8H3/t28?,34?,35-,36?,37+,38+,39-,42+,43+,44+,45-,46+,47-/m0/s1. The third-order valence-corrected chi connectivity index (χ3v) is 15.8. The molecular formula is C47H56O12. The molecule has 5 fully saturated rings. The van der Waals surface area contributed by atoms with Crippen molar-refractivity contribution in [3.8, 4) is 11.5 Å². The van der Waals surface area contributed by atoms with Gasteiger partial charge in [-0.1, -0.05) is 56.8 Å². The van der Waals surface area contributed by atoms with Crippen LogP contribution in [0.1, 0.15) is 84.0 Å². The van der Waals surface area contributed by atoms with Crippen molar-refractivity contribution < 1.29 is 57.4 Å². The first-order valence-electron chi connectivity index (χ1n) is 20.7. The third-order valence-electron chi connectivity index (χ3n) is 15.8. The molecule has 3 unspecified atom stereocenters. The monoisotopic (exact) mass is 812 g/mol. The van der Waals surface area contributed by atoms with Crippen LogP contribution in [0, 0.1) is 39.4 Å². The first-order valence-corrected chi connectivity index (χ1v) is 20.7. The predicted molar refractivity (Wildman–Crippen MR) is 213 cm³/mol. The minimum atomic E-state index is -1.72. The van der Waals surface area contributed by atoms with E-state index >= 15 is 0 Å². The number of hydrogen-bond donors (Lipinski definition) is 1. The molecule has 13 atom stereocenters. The molecule has 1 N–H and O–H groups in total. The lowest BCUT2D eigenvalue weighted by molar-refractivity contribution is -0.336. The van der Waals surface area contributed by atoms with Gasteiger partial charge in [-0.05, 0) is 98.6 Å². The lowest BCUT2D eigenvalue weighted by Gasteiger charge is -2.73. The van der Waals surface area contributed by atoms with Gasteiger partial charge in [-0.25, -0.2) is 9.59 Å². The number of rotatable bonds is 8. The minimum absolute atomic E-state index is 0.0901. The number of para-hydroxylation sites is 1. The Hall–Kier alpha value is -4.52. The van der Waals surface area contributed by atoms with E-state index in [9.17, 15) is 24.3 Å². The maximum atomic E-state index is 14.0. The van der Waals surface area contributed by atoms with Crippen LogP contribution in [0.2, 0.25) is 0 Å². The molecule has 2 aliphatic heterocycles. The van der Waals surface area contributed by atoms with Gasteiger partial charge in [0.2, 0.25) is 5.60 Å². The maximum Gasteiger partial charge on any atom is 0.342 e. The summed E-state index contributed by atoms with van der Waals surface area (Å²) in [7, 11) is 1.26. The zero-order valence-corrected chi connectivity index (χ0v) is 35.0. The third kappa shape index (κ3) is 5.79. The van der Waals surface area contributed by atoms with E-state index in [-0.39, 0.29) is 18.3 Å². The van der Waals surface area contributed by atoms with E-state index < -0.39 is 87.1 Å². The van der Waals surface area contributed by atoms with Crippen LogP contribution in [-0.4, -0.2) is 84.9 Å². The van der Waals surface area contributed by atoms with Crippen LogP contribution in [-0.2, 0) is 42.8 Å². The average molecular weight is 813 g/mol. The second-order valence-electron chi connectivity index (χ2n) is 18.4. The summed E-state index contributed by atoms with van der Waals surface area (Å²) in [6, 6.07) is 16.3. The van der Waals surface area contributed by atoms with Gasteiger partial charge < -0.3 is 38.3 Å². The van der Waals surface area contributed by atoms with E-state index in [1.54, 1.807) is 31.2 Å². The summed E-state index contributed by atoms with van der Waals surface area (Å²) in [5, 5.41) is 13.5. The largest absolute Gasteiger partial charge is 0.467 e. The topological polar surface area (TPSA) is 156 Å². The van der Waals surface area contributed by atoms with E-state index in [0.717, 1.165) is 0 Å². The second-order valence-corrected chi connectivity index (χ2v) is 18.4. The lowest BCUT2D eigenvalue weighted by Crippen LogP contribution is -2.82. The Morgan fingerprint density at radius 3 is 2.27 bits per heavy atom. The summed E-state index contributed by atoms with van der Waals surface area (Å²) < 4.78 is 42.9. The summed E-state index contributed by atoms with van der Waals surface area (Å²) in [6.45, 7) is 15.5. The van der Waals surface area contributed by atoms with E-state index in [4.69, 9.17) is 33.2 Å². The quantitative estimate of drug-likeness (QED) is 0.127. The molecule has 59 heavy (non-hydrogen) atoms. The molecule has 4 saturated carbocycles. The Kier molecular flexibility index (Phi) is 9.99. The number of methoxy groups -OCH3 is 1. The predicted octanol–water partition coefficient (Wildman–Crippen LogP) is 6.93. The van der Waals surface area contributed by atoms with Gasteiger partial charge in [-0.15, -0.1) is 0 Å². The van der Waals surface area contributed by atoms with Gasteiger partial charge in [0.05, 0.1) is 36.9 Å². The van der Waals surface area contributed by atoms with Crippen LogP contribution in [0.3, 0.4) is 0 Å². The molecule has 0 amide bonds. The number of benzene rings is 2. The highest BCUT2D eigenvalue weighted by Gasteiger charge is 2.90. The van der Waals surface area contributed by atoms with E-state index in [0.29, 0.717) is 61.5 Å². The van der Waals surface area contributed by atoms with Crippen molar-refractivity contribution >= 4 is 23.9 Å². The summed E-state index contributed by atoms with van der Waals surface area (Å²) in [6.07, 6.45) is 2.84. The highest BCUT2D eigenvalue weighted by Crippen LogP contribution is 2.78. The van der Waals surface area contributed by atoms with Crippen LogP contribution >= 0.6 is 0 Å². The normalized spacial score (nSPS) is 40.8.